The summed E-state index contributed by atoms with van der Waals surface area (Å²) in [6.45, 7) is 5.46. The van der Waals surface area contributed by atoms with Crippen molar-refractivity contribution in [3.63, 3.8) is 0 Å². The first-order valence-electron chi connectivity index (χ1n) is 6.44. The van der Waals surface area contributed by atoms with E-state index in [0.29, 0.717) is 11.3 Å². The van der Waals surface area contributed by atoms with E-state index in [1.807, 2.05) is 19.9 Å². The summed E-state index contributed by atoms with van der Waals surface area (Å²) < 4.78 is 39.8. The van der Waals surface area contributed by atoms with Crippen LogP contribution in [0.4, 0.5) is 13.2 Å². The van der Waals surface area contributed by atoms with Crippen molar-refractivity contribution in [1.29, 1.82) is 0 Å². The lowest BCUT2D eigenvalue weighted by Gasteiger charge is -2.16. The van der Waals surface area contributed by atoms with Gasteiger partial charge < -0.3 is 0 Å². The molecule has 0 saturated carbocycles. The van der Waals surface area contributed by atoms with Crippen molar-refractivity contribution < 1.29 is 13.2 Å². The van der Waals surface area contributed by atoms with E-state index in [4.69, 9.17) is 0 Å². The number of benzene rings is 1. The third-order valence-electron chi connectivity index (χ3n) is 3.26. The molecule has 0 radical (unpaired) electrons. The average molecular weight is 279 g/mol. The number of pyridine rings is 1. The van der Waals surface area contributed by atoms with Gasteiger partial charge in [0.15, 0.2) is 0 Å². The summed E-state index contributed by atoms with van der Waals surface area (Å²) in [5, 5.41) is 0. The molecule has 4 heteroatoms. The molecule has 0 N–H and O–H groups in total. The second-order valence-corrected chi connectivity index (χ2v) is 5.12. The molecule has 0 aliphatic rings. The normalized spacial score (nSPS) is 11.9. The second kappa shape index (κ2) is 5.27. The van der Waals surface area contributed by atoms with Crippen LogP contribution in [0.15, 0.2) is 36.5 Å². The van der Waals surface area contributed by atoms with Gasteiger partial charge in [-0.2, -0.15) is 13.2 Å². The Kier molecular flexibility index (Phi) is 3.84. The number of rotatable bonds is 2. The highest BCUT2D eigenvalue weighted by Crippen LogP contribution is 2.38. The fourth-order valence-electron chi connectivity index (χ4n) is 2.11. The number of aromatic nitrogens is 1. The lowest BCUT2D eigenvalue weighted by molar-refractivity contribution is -0.137. The standard InChI is InChI=1S/C16H16F3N/c1-10(2)15-8-14(16(17,18)19)13(9-20-15)12-7-5-4-6-11(12)3/h4-10H,1-3H3. The van der Waals surface area contributed by atoms with Crippen LogP contribution in [0.3, 0.4) is 0 Å². The fraction of sp³-hybridized carbons (Fsp3) is 0.312. The molecule has 1 heterocycles. The van der Waals surface area contributed by atoms with Crippen molar-refractivity contribution in [3.05, 3.63) is 53.3 Å². The molecule has 0 unspecified atom stereocenters. The first kappa shape index (κ1) is 14.6. The van der Waals surface area contributed by atoms with Crippen molar-refractivity contribution in [2.45, 2.75) is 32.9 Å². The lowest BCUT2D eigenvalue weighted by atomic mass is 9.95. The van der Waals surface area contributed by atoms with Crippen molar-refractivity contribution in [1.82, 2.24) is 4.98 Å². The Bertz CT molecular complexity index is 615. The number of nitrogens with zero attached hydrogens (tertiary/aromatic N) is 1. The van der Waals surface area contributed by atoms with Gasteiger partial charge in [0.05, 0.1) is 5.56 Å². The van der Waals surface area contributed by atoms with Crippen molar-refractivity contribution in [2.24, 2.45) is 0 Å². The van der Waals surface area contributed by atoms with Gasteiger partial charge in [-0.1, -0.05) is 38.1 Å². The summed E-state index contributed by atoms with van der Waals surface area (Å²) in [7, 11) is 0. The summed E-state index contributed by atoms with van der Waals surface area (Å²) in [5.41, 5.74) is 1.35. The highest BCUT2D eigenvalue weighted by atomic mass is 19.4. The summed E-state index contributed by atoms with van der Waals surface area (Å²) in [5.74, 6) is -0.0398. The fourth-order valence-corrected chi connectivity index (χ4v) is 2.11. The van der Waals surface area contributed by atoms with Crippen LogP contribution >= 0.6 is 0 Å². The Labute approximate surface area is 116 Å². The average Bonchev–Trinajstić information content (AvgIpc) is 2.37. The summed E-state index contributed by atoms with van der Waals surface area (Å²) >= 11 is 0. The van der Waals surface area contributed by atoms with Gasteiger partial charge in [-0.15, -0.1) is 0 Å². The van der Waals surface area contributed by atoms with Crippen LogP contribution in [0, 0.1) is 6.92 Å². The van der Waals surface area contributed by atoms with Gasteiger partial charge in [0.25, 0.3) is 0 Å². The van der Waals surface area contributed by atoms with Gasteiger partial charge in [0.1, 0.15) is 0 Å². The largest absolute Gasteiger partial charge is 0.417 e. The summed E-state index contributed by atoms with van der Waals surface area (Å²) in [6, 6.07) is 8.19. The van der Waals surface area contributed by atoms with E-state index in [9.17, 15) is 13.2 Å². The number of hydrogen-bond donors (Lipinski definition) is 0. The molecule has 0 aliphatic carbocycles. The zero-order valence-corrected chi connectivity index (χ0v) is 11.6. The minimum Gasteiger partial charge on any atom is -0.260 e. The van der Waals surface area contributed by atoms with Crippen molar-refractivity contribution in [2.75, 3.05) is 0 Å². The molecule has 0 amide bonds. The van der Waals surface area contributed by atoms with Crippen LogP contribution < -0.4 is 0 Å². The lowest BCUT2D eigenvalue weighted by Crippen LogP contribution is -2.10. The van der Waals surface area contributed by atoms with Gasteiger partial charge in [0.2, 0.25) is 0 Å². The van der Waals surface area contributed by atoms with E-state index in [1.165, 1.54) is 6.20 Å². The first-order chi connectivity index (χ1) is 9.30. The van der Waals surface area contributed by atoms with Crippen LogP contribution in [0.5, 0.6) is 0 Å². The molecule has 1 nitrogen and oxygen atoms in total. The minimum absolute atomic E-state index is 0.0398. The highest BCUT2D eigenvalue weighted by molar-refractivity contribution is 5.70. The molecule has 2 aromatic rings. The molecule has 1 aromatic carbocycles. The monoisotopic (exact) mass is 279 g/mol. The molecule has 0 spiro atoms. The van der Waals surface area contributed by atoms with Crippen LogP contribution in [-0.2, 0) is 6.18 Å². The van der Waals surface area contributed by atoms with Gasteiger partial charge in [0, 0.05) is 17.5 Å². The smallest absolute Gasteiger partial charge is 0.260 e. The Hall–Kier alpha value is -1.84. The molecule has 0 fully saturated rings. The van der Waals surface area contributed by atoms with Gasteiger partial charge in [-0.25, -0.2) is 0 Å². The van der Waals surface area contributed by atoms with Crippen LogP contribution in [0.25, 0.3) is 11.1 Å². The van der Waals surface area contributed by atoms with Crippen molar-refractivity contribution in [3.8, 4) is 11.1 Å². The molecular formula is C16H16F3N. The zero-order chi connectivity index (χ0) is 14.9. The van der Waals surface area contributed by atoms with Gasteiger partial charge in [-0.3, -0.25) is 4.98 Å². The predicted molar refractivity (Wildman–Crippen MR) is 73.5 cm³/mol. The first-order valence-corrected chi connectivity index (χ1v) is 6.44. The number of alkyl halides is 3. The van der Waals surface area contributed by atoms with Crippen LogP contribution in [-0.4, -0.2) is 4.98 Å². The highest BCUT2D eigenvalue weighted by Gasteiger charge is 2.34. The van der Waals surface area contributed by atoms with Crippen LogP contribution in [0.1, 0.15) is 36.6 Å². The van der Waals surface area contributed by atoms with E-state index in [2.05, 4.69) is 4.98 Å². The summed E-state index contributed by atoms with van der Waals surface area (Å²) in [6.07, 6.45) is -3.05. The Morgan fingerprint density at radius 2 is 1.70 bits per heavy atom. The topological polar surface area (TPSA) is 12.9 Å². The van der Waals surface area contributed by atoms with Gasteiger partial charge >= 0.3 is 6.18 Å². The molecule has 20 heavy (non-hydrogen) atoms. The quantitative estimate of drug-likeness (QED) is 0.736. The van der Waals surface area contributed by atoms with E-state index < -0.39 is 11.7 Å². The summed E-state index contributed by atoms with van der Waals surface area (Å²) in [4.78, 5) is 4.17. The molecule has 0 atom stereocenters. The second-order valence-electron chi connectivity index (χ2n) is 5.12. The predicted octanol–water partition coefficient (Wildman–Crippen LogP) is 5.20. The van der Waals surface area contributed by atoms with Crippen molar-refractivity contribution >= 4 is 0 Å². The maximum atomic E-state index is 13.3. The Morgan fingerprint density at radius 1 is 1.05 bits per heavy atom. The third-order valence-corrected chi connectivity index (χ3v) is 3.26. The van der Waals surface area contributed by atoms with Crippen LogP contribution in [0.2, 0.25) is 0 Å². The molecular weight excluding hydrogens is 263 g/mol. The van der Waals surface area contributed by atoms with E-state index in [-0.39, 0.29) is 11.5 Å². The molecule has 2 rings (SSSR count). The molecule has 0 aliphatic heterocycles. The SMILES string of the molecule is Cc1ccccc1-c1cnc(C(C)C)cc1C(F)(F)F. The van der Waals surface area contributed by atoms with E-state index >= 15 is 0 Å². The van der Waals surface area contributed by atoms with E-state index in [0.717, 1.165) is 11.6 Å². The Morgan fingerprint density at radius 3 is 2.25 bits per heavy atom. The maximum Gasteiger partial charge on any atom is 0.417 e. The molecule has 0 saturated heterocycles. The van der Waals surface area contributed by atoms with Gasteiger partial charge in [-0.05, 0) is 30.0 Å². The number of aryl methyl sites for hydroxylation is 1. The Balaban J connectivity index is 2.68. The molecule has 1 aromatic heterocycles. The number of halogens is 3. The number of hydrogen-bond acceptors (Lipinski definition) is 1. The van der Waals surface area contributed by atoms with E-state index in [1.54, 1.807) is 25.1 Å². The third kappa shape index (κ3) is 2.84. The maximum absolute atomic E-state index is 13.3. The molecule has 0 bridgehead atoms. The minimum atomic E-state index is -4.38. The zero-order valence-electron chi connectivity index (χ0n) is 11.6. The molecule has 106 valence electrons.